The van der Waals surface area contributed by atoms with Gasteiger partial charge in [-0.3, -0.25) is 4.79 Å². The lowest BCUT2D eigenvalue weighted by atomic mass is 9.75. The highest BCUT2D eigenvalue weighted by Gasteiger charge is 2.34. The number of nitrogens with one attached hydrogen (secondary N) is 1. The van der Waals surface area contributed by atoms with Crippen LogP contribution in [0.2, 0.25) is 0 Å². The van der Waals surface area contributed by atoms with Crippen LogP contribution in [0.3, 0.4) is 0 Å². The summed E-state index contributed by atoms with van der Waals surface area (Å²) in [7, 11) is 0. The van der Waals surface area contributed by atoms with Crippen LogP contribution in [0.1, 0.15) is 26.2 Å². The van der Waals surface area contributed by atoms with E-state index < -0.39 is 0 Å². The molecule has 1 N–H and O–H groups in total. The monoisotopic (exact) mass is 232 g/mol. The molecule has 0 spiro atoms. The van der Waals surface area contributed by atoms with Crippen molar-refractivity contribution in [1.82, 2.24) is 10.2 Å². The summed E-state index contributed by atoms with van der Waals surface area (Å²) >= 11 is 0. The molecule has 0 unspecified atom stereocenters. The first-order chi connectivity index (χ1) is 6.77. The zero-order valence-electron chi connectivity index (χ0n) is 9.37. The molecule has 1 aliphatic carbocycles. The Balaban J connectivity index is 0.00000112. The Labute approximate surface area is 98.0 Å². The third-order valence-corrected chi connectivity index (χ3v) is 3.37. The second-order valence-corrected chi connectivity index (χ2v) is 4.70. The van der Waals surface area contributed by atoms with Crippen LogP contribution in [0.15, 0.2) is 0 Å². The van der Waals surface area contributed by atoms with Crippen molar-refractivity contribution in [3.63, 3.8) is 0 Å². The fourth-order valence-corrected chi connectivity index (χ4v) is 2.43. The summed E-state index contributed by atoms with van der Waals surface area (Å²) < 4.78 is 0. The molecule has 0 atom stereocenters. The predicted octanol–water partition coefficient (Wildman–Crippen LogP) is 1.28. The highest BCUT2D eigenvalue weighted by atomic mass is 35.5. The van der Waals surface area contributed by atoms with Crippen LogP contribution in [-0.4, -0.2) is 37.0 Å². The first kappa shape index (κ1) is 12.8. The Morgan fingerprint density at radius 3 is 2.67 bits per heavy atom. The van der Waals surface area contributed by atoms with Crippen molar-refractivity contribution in [2.45, 2.75) is 26.2 Å². The number of carbonyl (C=O) groups is 1. The van der Waals surface area contributed by atoms with E-state index >= 15 is 0 Å². The Morgan fingerprint density at radius 1 is 1.27 bits per heavy atom. The molecule has 0 radical (unpaired) electrons. The first-order valence-corrected chi connectivity index (χ1v) is 5.77. The van der Waals surface area contributed by atoms with Crippen molar-refractivity contribution in [3.8, 4) is 0 Å². The average molecular weight is 233 g/mol. The van der Waals surface area contributed by atoms with Crippen molar-refractivity contribution in [1.29, 1.82) is 0 Å². The number of halogens is 1. The van der Waals surface area contributed by atoms with E-state index in [4.69, 9.17) is 0 Å². The topological polar surface area (TPSA) is 32.3 Å². The standard InChI is InChI=1S/C11H20N2O.ClH/c1-9-7-10(8-9)11(14)13-5-2-3-12-4-6-13;/h9-10,12H,2-8H2,1H3;1H. The molecule has 0 aromatic heterocycles. The van der Waals surface area contributed by atoms with Crippen LogP contribution in [0.5, 0.6) is 0 Å². The van der Waals surface area contributed by atoms with Crippen LogP contribution < -0.4 is 5.32 Å². The molecule has 1 heterocycles. The van der Waals surface area contributed by atoms with Gasteiger partial charge in [0.15, 0.2) is 0 Å². The molecule has 0 aromatic rings. The zero-order chi connectivity index (χ0) is 9.97. The van der Waals surface area contributed by atoms with Gasteiger partial charge in [0.25, 0.3) is 0 Å². The SMILES string of the molecule is CC1CC(C(=O)N2CCCNCC2)C1.Cl. The Hall–Kier alpha value is -0.280. The van der Waals surface area contributed by atoms with Crippen LogP contribution in [0.25, 0.3) is 0 Å². The summed E-state index contributed by atoms with van der Waals surface area (Å²) in [6.45, 7) is 6.12. The number of nitrogens with zero attached hydrogens (tertiary/aromatic N) is 1. The molecule has 4 heteroatoms. The minimum atomic E-state index is 0. The van der Waals surface area contributed by atoms with Gasteiger partial charge in [-0.2, -0.15) is 0 Å². The maximum atomic E-state index is 12.0. The summed E-state index contributed by atoms with van der Waals surface area (Å²) in [5, 5.41) is 3.32. The van der Waals surface area contributed by atoms with Crippen molar-refractivity contribution < 1.29 is 4.79 Å². The summed E-state index contributed by atoms with van der Waals surface area (Å²) in [5.74, 6) is 1.53. The quantitative estimate of drug-likeness (QED) is 0.739. The maximum absolute atomic E-state index is 12.0. The molecule has 0 bridgehead atoms. The lowest BCUT2D eigenvalue weighted by Gasteiger charge is -2.35. The molecular weight excluding hydrogens is 212 g/mol. The lowest BCUT2D eigenvalue weighted by molar-refractivity contribution is -0.139. The molecule has 2 fully saturated rings. The van der Waals surface area contributed by atoms with Crippen molar-refractivity contribution >= 4 is 18.3 Å². The lowest BCUT2D eigenvalue weighted by Crippen LogP contribution is -2.42. The normalized spacial score (nSPS) is 31.1. The predicted molar refractivity (Wildman–Crippen MR) is 63.2 cm³/mol. The van der Waals surface area contributed by atoms with Crippen molar-refractivity contribution in [2.24, 2.45) is 11.8 Å². The third kappa shape index (κ3) is 3.08. The smallest absolute Gasteiger partial charge is 0.225 e. The second-order valence-electron chi connectivity index (χ2n) is 4.70. The molecule has 0 aromatic carbocycles. The molecule has 88 valence electrons. The van der Waals surface area contributed by atoms with Gasteiger partial charge in [0.05, 0.1) is 0 Å². The van der Waals surface area contributed by atoms with Gasteiger partial charge in [0.1, 0.15) is 0 Å². The number of rotatable bonds is 1. The van der Waals surface area contributed by atoms with E-state index in [9.17, 15) is 4.79 Å². The van der Waals surface area contributed by atoms with E-state index in [1.54, 1.807) is 0 Å². The molecule has 1 amide bonds. The van der Waals surface area contributed by atoms with Crippen LogP contribution in [-0.2, 0) is 4.79 Å². The maximum Gasteiger partial charge on any atom is 0.225 e. The highest BCUT2D eigenvalue weighted by Crippen LogP contribution is 2.34. The summed E-state index contributed by atoms with van der Waals surface area (Å²) in [6.07, 6.45) is 3.33. The van der Waals surface area contributed by atoms with E-state index in [2.05, 4.69) is 17.1 Å². The van der Waals surface area contributed by atoms with Gasteiger partial charge >= 0.3 is 0 Å². The Morgan fingerprint density at radius 2 is 2.00 bits per heavy atom. The minimum absolute atomic E-state index is 0. The average Bonchev–Trinajstić information content (AvgIpc) is 2.40. The van der Waals surface area contributed by atoms with E-state index in [1.165, 1.54) is 0 Å². The summed E-state index contributed by atoms with van der Waals surface area (Å²) in [5.41, 5.74) is 0. The molecule has 2 rings (SSSR count). The molecule has 3 nitrogen and oxygen atoms in total. The molecule has 15 heavy (non-hydrogen) atoms. The number of carbonyl (C=O) groups excluding carboxylic acids is 1. The molecule has 1 saturated carbocycles. The Kier molecular flexibility index (Phi) is 4.87. The van der Waals surface area contributed by atoms with Crippen molar-refractivity contribution in [2.75, 3.05) is 26.2 Å². The van der Waals surface area contributed by atoms with E-state index in [1.807, 2.05) is 0 Å². The van der Waals surface area contributed by atoms with Gasteiger partial charge in [-0.15, -0.1) is 12.4 Å². The highest BCUT2D eigenvalue weighted by molar-refractivity contribution is 5.85. The molecule has 1 aliphatic heterocycles. The fourth-order valence-electron chi connectivity index (χ4n) is 2.43. The first-order valence-electron chi connectivity index (χ1n) is 5.77. The third-order valence-electron chi connectivity index (χ3n) is 3.37. The molecule has 2 aliphatic rings. The van der Waals surface area contributed by atoms with E-state index in [-0.39, 0.29) is 12.4 Å². The van der Waals surface area contributed by atoms with Crippen LogP contribution in [0, 0.1) is 11.8 Å². The number of hydrogen-bond donors (Lipinski definition) is 1. The van der Waals surface area contributed by atoms with E-state index in [0.29, 0.717) is 11.8 Å². The Bertz CT molecular complexity index is 209. The molecular formula is C11H21ClN2O. The van der Waals surface area contributed by atoms with Gasteiger partial charge in [-0.25, -0.2) is 0 Å². The number of hydrogen-bond acceptors (Lipinski definition) is 2. The van der Waals surface area contributed by atoms with Gasteiger partial charge in [0, 0.05) is 25.6 Å². The number of amides is 1. The summed E-state index contributed by atoms with van der Waals surface area (Å²) in [4.78, 5) is 14.0. The summed E-state index contributed by atoms with van der Waals surface area (Å²) in [6, 6.07) is 0. The minimum Gasteiger partial charge on any atom is -0.341 e. The fraction of sp³-hybridized carbons (Fsp3) is 0.909. The largest absolute Gasteiger partial charge is 0.341 e. The van der Waals surface area contributed by atoms with Gasteiger partial charge in [-0.05, 0) is 31.7 Å². The molecule has 1 saturated heterocycles. The van der Waals surface area contributed by atoms with Gasteiger partial charge in [0.2, 0.25) is 5.91 Å². The van der Waals surface area contributed by atoms with Crippen LogP contribution >= 0.6 is 12.4 Å². The van der Waals surface area contributed by atoms with E-state index in [0.717, 1.165) is 51.4 Å². The van der Waals surface area contributed by atoms with Crippen molar-refractivity contribution in [3.05, 3.63) is 0 Å². The van der Waals surface area contributed by atoms with Crippen LogP contribution in [0.4, 0.5) is 0 Å². The second kappa shape index (κ2) is 5.71. The van der Waals surface area contributed by atoms with Gasteiger partial charge in [-0.1, -0.05) is 6.92 Å². The van der Waals surface area contributed by atoms with Gasteiger partial charge < -0.3 is 10.2 Å². The zero-order valence-corrected chi connectivity index (χ0v) is 10.2.